The number of nitrogens with zero attached hydrogens (tertiary/aromatic N) is 3. The fourth-order valence-electron chi connectivity index (χ4n) is 0.971. The predicted molar refractivity (Wildman–Crippen MR) is 51.7 cm³/mol. The van der Waals surface area contributed by atoms with Crippen molar-refractivity contribution in [3.05, 3.63) is 33.4 Å². The summed E-state index contributed by atoms with van der Waals surface area (Å²) in [6, 6.07) is 0.140. The van der Waals surface area contributed by atoms with Crippen molar-refractivity contribution in [1.29, 1.82) is 5.39 Å². The summed E-state index contributed by atoms with van der Waals surface area (Å²) < 4.78 is 9.66. The van der Waals surface area contributed by atoms with Crippen molar-refractivity contribution in [3.63, 3.8) is 0 Å². The van der Waals surface area contributed by atoms with E-state index in [-0.39, 0.29) is 18.1 Å². The van der Waals surface area contributed by atoms with Gasteiger partial charge in [-0.05, 0) is 0 Å². The van der Waals surface area contributed by atoms with E-state index in [1.807, 2.05) is 0 Å². The zero-order valence-electron chi connectivity index (χ0n) is 8.41. The number of methoxy groups -OCH3 is 1. The van der Waals surface area contributed by atoms with Crippen molar-refractivity contribution >= 4 is 6.03 Å². The lowest BCUT2D eigenvalue weighted by atomic mass is 10.3. The Hall–Kier alpha value is -2.56. The van der Waals surface area contributed by atoms with E-state index < -0.39 is 11.5 Å². The lowest BCUT2D eigenvalue weighted by Gasteiger charge is -2.01. The van der Waals surface area contributed by atoms with Crippen LogP contribution in [0.15, 0.2) is 21.5 Å². The number of hydrogen-bond donors (Lipinski definition) is 1. The lowest BCUT2D eigenvalue weighted by Crippen LogP contribution is -2.29. The minimum absolute atomic E-state index is 0.0373. The molecule has 0 unspecified atom stereocenters. The van der Waals surface area contributed by atoms with E-state index in [0.717, 1.165) is 12.3 Å². The summed E-state index contributed by atoms with van der Waals surface area (Å²) >= 11 is 0. The third kappa shape index (κ3) is 2.48. The average molecular weight is 225 g/mol. The average Bonchev–Trinajstić information content (AvgIpc) is 2.25. The van der Waals surface area contributed by atoms with Crippen LogP contribution in [0.4, 0.5) is 4.79 Å². The van der Waals surface area contributed by atoms with Crippen LogP contribution in [0.2, 0.25) is 0 Å². The van der Waals surface area contributed by atoms with Crippen molar-refractivity contribution in [1.82, 2.24) is 5.01 Å². The Morgan fingerprint density at radius 1 is 1.75 bits per heavy atom. The second-order valence-corrected chi connectivity index (χ2v) is 2.76. The maximum Gasteiger partial charge on any atom is 0.388 e. The number of carbonyl (C=O) groups is 1. The number of hydrogen-bond acceptors (Lipinski definition) is 5. The molecule has 1 aromatic heterocycles. The molecule has 0 saturated heterocycles. The molecule has 0 bridgehead atoms. The van der Waals surface area contributed by atoms with Crippen LogP contribution in [0.3, 0.4) is 0 Å². The summed E-state index contributed by atoms with van der Waals surface area (Å²) in [4.78, 5) is 22.0. The molecule has 16 heavy (non-hydrogen) atoms. The van der Waals surface area contributed by atoms with Gasteiger partial charge in [-0.2, -0.15) is 0 Å². The zero-order valence-corrected chi connectivity index (χ0v) is 8.41. The standard InChI is InChI=1S/C8H8N4O4/c1-15-7-4-16-5(2-6(7)13)3-12(11-10)8(9)14/h2,4H,3H2,1H3,(H-,9,14)/p+1. The maximum atomic E-state index is 11.3. The molecule has 0 spiro atoms. The van der Waals surface area contributed by atoms with E-state index in [1.165, 1.54) is 7.11 Å². The SMILES string of the molecule is COc1coc(CN([N+]#N)C(N)=O)cc1=O. The highest BCUT2D eigenvalue weighted by molar-refractivity contribution is 5.72. The van der Waals surface area contributed by atoms with E-state index in [0.29, 0.717) is 5.01 Å². The molecule has 1 rings (SSSR count). The van der Waals surface area contributed by atoms with Crippen LogP contribution >= 0.6 is 0 Å². The van der Waals surface area contributed by atoms with E-state index in [1.54, 1.807) is 0 Å². The quantitative estimate of drug-likeness (QED) is 0.586. The molecular weight excluding hydrogens is 216 g/mol. The molecule has 0 aliphatic rings. The smallest absolute Gasteiger partial charge is 0.388 e. The van der Waals surface area contributed by atoms with Gasteiger partial charge in [0.2, 0.25) is 11.2 Å². The fraction of sp³-hybridized carbons (Fsp3) is 0.250. The molecule has 0 fully saturated rings. The predicted octanol–water partition coefficient (Wildman–Crippen LogP) is 0.297. The van der Waals surface area contributed by atoms with Crippen molar-refractivity contribution in [2.24, 2.45) is 5.73 Å². The summed E-state index contributed by atoms with van der Waals surface area (Å²) in [7, 11) is 1.32. The molecule has 0 aromatic carbocycles. The number of carbonyl (C=O) groups excluding carboxylic acids is 1. The molecule has 0 atom stereocenters. The first kappa shape index (κ1) is 11.5. The summed E-state index contributed by atoms with van der Waals surface area (Å²) in [5.74, 6) is 0.151. The number of amides is 2. The van der Waals surface area contributed by atoms with Gasteiger partial charge in [-0.1, -0.05) is 0 Å². The number of nitrogens with two attached hydrogens (primary N) is 1. The molecule has 1 heterocycles. The van der Waals surface area contributed by atoms with Gasteiger partial charge < -0.3 is 14.9 Å². The first-order valence-electron chi connectivity index (χ1n) is 4.16. The van der Waals surface area contributed by atoms with Crippen LogP contribution in [0.25, 0.3) is 5.08 Å². The van der Waals surface area contributed by atoms with Gasteiger partial charge in [0.25, 0.3) is 5.39 Å². The molecule has 0 aliphatic heterocycles. The molecule has 0 radical (unpaired) electrons. The Labute approximate surface area is 89.8 Å². The Kier molecular flexibility index (Phi) is 3.45. The van der Waals surface area contributed by atoms with Crippen LogP contribution in [0.5, 0.6) is 5.75 Å². The summed E-state index contributed by atoms with van der Waals surface area (Å²) in [6.07, 6.45) is 1.09. The largest absolute Gasteiger partial charge is 0.490 e. The fourth-order valence-corrected chi connectivity index (χ4v) is 0.971. The van der Waals surface area contributed by atoms with Gasteiger partial charge in [0.05, 0.1) is 12.1 Å². The molecular formula is C8H9N4O4+. The molecule has 8 heteroatoms. The van der Waals surface area contributed by atoms with Crippen molar-refractivity contribution in [2.45, 2.75) is 6.54 Å². The number of diazo groups is 1. The van der Waals surface area contributed by atoms with Gasteiger partial charge in [0.15, 0.2) is 6.54 Å². The monoisotopic (exact) mass is 225 g/mol. The molecule has 0 saturated carbocycles. The van der Waals surface area contributed by atoms with Gasteiger partial charge in [-0.15, -0.1) is 0 Å². The third-order valence-electron chi connectivity index (χ3n) is 1.74. The van der Waals surface area contributed by atoms with Gasteiger partial charge >= 0.3 is 11.1 Å². The maximum absolute atomic E-state index is 11.3. The van der Waals surface area contributed by atoms with Gasteiger partial charge in [-0.3, -0.25) is 4.79 Å². The Bertz CT molecular complexity index is 490. The van der Waals surface area contributed by atoms with Crippen LogP contribution in [-0.2, 0) is 6.54 Å². The summed E-state index contributed by atoms with van der Waals surface area (Å²) in [5.41, 5.74) is 4.47. The first-order valence-corrected chi connectivity index (χ1v) is 4.16. The second kappa shape index (κ2) is 4.79. The molecule has 1 aromatic rings. The number of urea groups is 1. The van der Waals surface area contributed by atoms with Crippen LogP contribution in [-0.4, -0.2) is 18.1 Å². The van der Waals surface area contributed by atoms with E-state index in [4.69, 9.17) is 20.3 Å². The topological polar surface area (TPSA) is 114 Å². The second-order valence-electron chi connectivity index (χ2n) is 2.76. The van der Waals surface area contributed by atoms with Gasteiger partial charge in [-0.25, -0.2) is 4.79 Å². The van der Waals surface area contributed by atoms with Gasteiger partial charge in [0.1, 0.15) is 12.0 Å². The highest BCUT2D eigenvalue weighted by Gasteiger charge is 2.22. The molecule has 2 N–H and O–H groups in total. The summed E-state index contributed by atoms with van der Waals surface area (Å²) in [6.45, 7) is -0.245. The molecule has 8 nitrogen and oxygen atoms in total. The van der Waals surface area contributed by atoms with E-state index >= 15 is 0 Å². The van der Waals surface area contributed by atoms with Crippen LogP contribution in [0, 0.1) is 5.39 Å². The third-order valence-corrected chi connectivity index (χ3v) is 1.74. The summed E-state index contributed by atoms with van der Waals surface area (Å²) in [5, 5.41) is 11.6. The Balaban J connectivity index is 2.91. The zero-order chi connectivity index (χ0) is 12.1. The van der Waals surface area contributed by atoms with E-state index in [9.17, 15) is 9.59 Å². The Morgan fingerprint density at radius 2 is 2.44 bits per heavy atom. The number of primary amides is 1. The lowest BCUT2D eigenvalue weighted by molar-refractivity contribution is 0.217. The van der Waals surface area contributed by atoms with Crippen LogP contribution < -0.4 is 15.9 Å². The normalized spacial score (nSPS) is 9.25. The van der Waals surface area contributed by atoms with Crippen LogP contribution in [0.1, 0.15) is 5.76 Å². The minimum Gasteiger partial charge on any atom is -0.490 e. The van der Waals surface area contributed by atoms with Crippen molar-refractivity contribution in [2.75, 3.05) is 7.11 Å². The van der Waals surface area contributed by atoms with Crippen molar-refractivity contribution in [3.8, 4) is 5.75 Å². The first-order chi connectivity index (χ1) is 7.58. The molecule has 0 aliphatic carbocycles. The van der Waals surface area contributed by atoms with Gasteiger partial charge in [0, 0.05) is 6.07 Å². The Morgan fingerprint density at radius 3 is 2.88 bits per heavy atom. The van der Waals surface area contributed by atoms with E-state index in [2.05, 4.69) is 5.08 Å². The highest BCUT2D eigenvalue weighted by Crippen LogP contribution is 2.07. The number of ether oxygens (including phenoxy) is 1. The number of rotatable bonds is 3. The minimum atomic E-state index is -0.971. The molecule has 84 valence electrons. The highest BCUT2D eigenvalue weighted by atomic mass is 16.5. The van der Waals surface area contributed by atoms with Crippen molar-refractivity contribution < 1.29 is 13.9 Å². The molecule has 2 amide bonds.